The van der Waals surface area contributed by atoms with Gasteiger partial charge >= 0.3 is 6.18 Å². The van der Waals surface area contributed by atoms with Crippen molar-refractivity contribution < 1.29 is 45.9 Å². The molecule has 0 bridgehead atoms. The van der Waals surface area contributed by atoms with Gasteiger partial charge in [-0.2, -0.15) is 13.2 Å². The Bertz CT molecular complexity index is 6160. The predicted molar refractivity (Wildman–Crippen MR) is 508 cm³/mol. The third-order valence-electron chi connectivity index (χ3n) is 20.8. The molecule has 0 aliphatic carbocycles. The molecule has 0 fully saturated rings. The van der Waals surface area contributed by atoms with E-state index in [0.717, 1.165) is 114 Å². The van der Waals surface area contributed by atoms with Crippen molar-refractivity contribution >= 4 is 109 Å². The minimum Gasteiger partial charge on any atom is -0.343 e. The summed E-state index contributed by atoms with van der Waals surface area (Å²) in [5.74, 6) is 2.06. The molecule has 0 amide bonds. The van der Waals surface area contributed by atoms with Gasteiger partial charge in [-0.15, -0.1) is 6.42 Å². The number of halogens is 7. The standard InChI is InChI=1S/C22H19F3N2O.C22H17FN2O.2C21H19ClN2O.C21H19FN2O/c1-15-5-3-7-17(9-15)21(28)11-16-6-4-8-19(10-16)27(2)20-12-18(13-26-14-20)22(23,24)25;1-3-16-6-4-8-18(10-16)22(26)12-17-7-5-9-20(11-17)25(2)21-13-19(23)14-24-15-21;3*1-15-5-3-7-17(9-15)21(25)11-16-6-4-8-19(10-16)24(2)20-12-18(22)13-23-14-20/h3-10,12-14H,11H2,1-2H3;1,4-11,13-15H,12H2,2H3;3*3-10,12-14H,11H2,1-2H3. The van der Waals surface area contributed by atoms with Gasteiger partial charge in [0.15, 0.2) is 28.9 Å². The molecule has 5 heterocycles. The van der Waals surface area contributed by atoms with Crippen LogP contribution in [0.5, 0.6) is 0 Å². The lowest BCUT2D eigenvalue weighted by Gasteiger charge is -2.21. The summed E-state index contributed by atoms with van der Waals surface area (Å²) in [6, 6.07) is 83.4. The first-order valence-electron chi connectivity index (χ1n) is 41.0. The van der Waals surface area contributed by atoms with E-state index in [1.807, 2.05) is 282 Å². The highest BCUT2D eigenvalue weighted by Gasteiger charge is 2.32. The molecule has 0 N–H and O–H groups in total. The van der Waals surface area contributed by atoms with Crippen molar-refractivity contribution in [1.82, 2.24) is 24.9 Å². The molecule has 0 unspecified atom stereocenters. The third-order valence-corrected chi connectivity index (χ3v) is 21.2. The van der Waals surface area contributed by atoms with E-state index in [1.165, 1.54) is 24.5 Å². The van der Waals surface area contributed by atoms with Crippen molar-refractivity contribution in [3.8, 4) is 12.3 Å². The number of aryl methyl sites for hydroxylation is 4. The Morgan fingerprint density at radius 3 is 0.791 bits per heavy atom. The van der Waals surface area contributed by atoms with E-state index in [9.17, 15) is 45.9 Å². The lowest BCUT2D eigenvalue weighted by Crippen LogP contribution is -2.13. The number of carbonyl (C=O) groups is 5. The summed E-state index contributed by atoms with van der Waals surface area (Å²) in [5, 5.41) is 1.19. The summed E-state index contributed by atoms with van der Waals surface area (Å²) in [6.07, 6.45) is 16.9. The Morgan fingerprint density at radius 2 is 0.535 bits per heavy atom. The third kappa shape index (κ3) is 28.0. The highest BCUT2D eigenvalue weighted by atomic mass is 35.5. The minimum atomic E-state index is -4.45. The number of hydrogen-bond donors (Lipinski definition) is 0. The largest absolute Gasteiger partial charge is 0.417 e. The molecule has 0 radical (unpaired) electrons. The summed E-state index contributed by atoms with van der Waals surface area (Å²) in [4.78, 5) is 91.6. The molecule has 650 valence electrons. The Labute approximate surface area is 758 Å². The van der Waals surface area contributed by atoms with Gasteiger partial charge in [0.05, 0.1) is 87.4 Å². The first kappa shape index (κ1) is 94.8. The fraction of sp³-hybridized carbons (Fsp3) is 0.140. The number of aromatic nitrogens is 5. The van der Waals surface area contributed by atoms with Crippen LogP contribution in [0, 0.1) is 51.7 Å². The van der Waals surface area contributed by atoms with Crippen LogP contribution in [0.15, 0.2) is 335 Å². The van der Waals surface area contributed by atoms with Gasteiger partial charge < -0.3 is 24.5 Å². The van der Waals surface area contributed by atoms with Crippen LogP contribution >= 0.6 is 23.2 Å². The highest BCUT2D eigenvalue weighted by molar-refractivity contribution is 6.31. The molecule has 15 rings (SSSR count). The maximum atomic E-state index is 13.4. The molecule has 5 aromatic heterocycles. The monoisotopic (exact) mass is 1760 g/mol. The number of carbonyl (C=O) groups excluding carboxylic acids is 5. The van der Waals surface area contributed by atoms with E-state index in [-0.39, 0.29) is 47.6 Å². The number of benzene rings is 10. The highest BCUT2D eigenvalue weighted by Crippen LogP contribution is 2.35. The topological polar surface area (TPSA) is 166 Å². The second-order valence-corrected chi connectivity index (χ2v) is 31.6. The summed E-state index contributed by atoms with van der Waals surface area (Å²) < 4.78 is 65.6. The second kappa shape index (κ2) is 45.3. The molecule has 0 spiro atoms. The summed E-state index contributed by atoms with van der Waals surface area (Å²) in [6.45, 7) is 7.88. The molecule has 10 aromatic carbocycles. The Morgan fingerprint density at radius 1 is 0.295 bits per heavy atom. The number of Topliss-reactive ketones (excluding diaryl/α,β-unsaturated/α-hetero) is 5. The van der Waals surface area contributed by atoms with Crippen LogP contribution in [0.3, 0.4) is 0 Å². The van der Waals surface area contributed by atoms with Crippen LogP contribution < -0.4 is 24.5 Å². The van der Waals surface area contributed by atoms with Crippen molar-refractivity contribution in [2.75, 3.05) is 59.7 Å². The van der Waals surface area contributed by atoms with E-state index in [2.05, 4.69) is 30.8 Å². The van der Waals surface area contributed by atoms with Crippen molar-refractivity contribution in [2.24, 2.45) is 0 Å². The number of nitrogens with zero attached hydrogens (tertiary/aromatic N) is 10. The maximum absolute atomic E-state index is 13.4. The van der Waals surface area contributed by atoms with Gasteiger partial charge in [-0.1, -0.05) is 197 Å². The smallest absolute Gasteiger partial charge is 0.343 e. The number of alkyl halides is 3. The van der Waals surface area contributed by atoms with Crippen LogP contribution in [0.4, 0.5) is 78.8 Å². The van der Waals surface area contributed by atoms with Crippen LogP contribution in [0.2, 0.25) is 10.0 Å². The number of pyridine rings is 5. The maximum Gasteiger partial charge on any atom is 0.417 e. The Hall–Kier alpha value is -14.9. The molecule has 15 nitrogen and oxygen atoms in total. The van der Waals surface area contributed by atoms with E-state index >= 15 is 0 Å². The SMILES string of the molecule is C#Cc1cccc(C(=O)Cc2cccc(N(C)c3cncc(F)c3)c2)c1.Cc1cccc(C(=O)Cc2cccc(N(C)c3cncc(C(F)(F)F)c3)c2)c1.Cc1cccc(C(=O)Cc2cccc(N(C)c3cncc(Cl)c3)c2)c1.Cc1cccc(C(=O)Cc2cccc(N(C)c3cncc(Cl)c3)c2)c1.Cc1cccc(C(=O)Cc2cccc(N(C)c3cncc(F)c3)c2)c1. The van der Waals surface area contributed by atoms with Crippen molar-refractivity contribution in [3.05, 3.63) is 446 Å². The zero-order chi connectivity index (χ0) is 92.3. The van der Waals surface area contributed by atoms with Crippen molar-refractivity contribution in [2.45, 2.75) is 66.0 Å². The van der Waals surface area contributed by atoms with Crippen LogP contribution in [0.1, 0.15) is 113 Å². The zero-order valence-electron chi connectivity index (χ0n) is 72.5. The molecule has 22 heteroatoms. The lowest BCUT2D eigenvalue weighted by atomic mass is 10.0. The van der Waals surface area contributed by atoms with Gasteiger partial charge in [-0.05, 0) is 171 Å². The Balaban J connectivity index is 0.000000156. The second-order valence-electron chi connectivity index (χ2n) is 30.7. The van der Waals surface area contributed by atoms with Gasteiger partial charge in [0.2, 0.25) is 0 Å². The van der Waals surface area contributed by atoms with Gasteiger partial charge in [-0.25, -0.2) is 8.78 Å². The minimum absolute atomic E-state index is 0.00525. The van der Waals surface area contributed by atoms with Crippen molar-refractivity contribution in [3.63, 3.8) is 0 Å². The first-order chi connectivity index (χ1) is 61.9. The quantitative estimate of drug-likeness (QED) is 0.0301. The molecular formula is C107H93Cl2F5N10O5. The summed E-state index contributed by atoms with van der Waals surface area (Å²) in [5.41, 5.74) is 19.9. The van der Waals surface area contributed by atoms with Gasteiger partial charge in [0.1, 0.15) is 11.6 Å². The van der Waals surface area contributed by atoms with Crippen molar-refractivity contribution in [1.29, 1.82) is 0 Å². The number of ketones is 5. The van der Waals surface area contributed by atoms with E-state index in [1.54, 1.807) is 97.7 Å². The number of terminal acetylenes is 1. The number of hydrogen-bond acceptors (Lipinski definition) is 15. The zero-order valence-corrected chi connectivity index (χ0v) is 74.0. The molecular weight excluding hydrogens is 1670 g/mol. The lowest BCUT2D eigenvalue weighted by molar-refractivity contribution is -0.137. The van der Waals surface area contributed by atoms with E-state index < -0.39 is 17.6 Å². The summed E-state index contributed by atoms with van der Waals surface area (Å²) in [7, 11) is 9.24. The number of rotatable bonds is 25. The average Bonchev–Trinajstić information content (AvgIpc) is 0.851. The normalized spacial score (nSPS) is 10.6. The molecule has 0 aliphatic rings. The molecule has 15 aromatic rings. The van der Waals surface area contributed by atoms with Gasteiger partial charge in [0, 0.05) is 160 Å². The number of anilines is 10. The van der Waals surface area contributed by atoms with Crippen LogP contribution in [-0.4, -0.2) is 89.1 Å². The van der Waals surface area contributed by atoms with E-state index in [4.69, 9.17) is 29.6 Å². The predicted octanol–water partition coefficient (Wildman–Crippen LogP) is 25.2. The molecule has 0 saturated heterocycles. The van der Waals surface area contributed by atoms with Crippen LogP contribution in [0.25, 0.3) is 0 Å². The van der Waals surface area contributed by atoms with Crippen LogP contribution in [-0.2, 0) is 38.3 Å². The van der Waals surface area contributed by atoms with Gasteiger partial charge in [-0.3, -0.25) is 48.9 Å². The first-order valence-corrected chi connectivity index (χ1v) is 41.7. The van der Waals surface area contributed by atoms with Gasteiger partial charge in [0.25, 0.3) is 0 Å². The molecule has 0 atom stereocenters. The summed E-state index contributed by atoms with van der Waals surface area (Å²) >= 11 is 12.0. The average molecular weight is 1760 g/mol. The van der Waals surface area contributed by atoms with E-state index in [0.29, 0.717) is 74.3 Å². The molecule has 0 aliphatic heterocycles. The fourth-order valence-corrected chi connectivity index (χ4v) is 14.1. The fourth-order valence-electron chi connectivity index (χ4n) is 13.7. The molecule has 129 heavy (non-hydrogen) atoms. The molecule has 0 saturated carbocycles. The Kier molecular flexibility index (Phi) is 33.3.